The van der Waals surface area contributed by atoms with Gasteiger partial charge in [-0.15, -0.1) is 11.3 Å². The molecule has 0 spiro atoms. The van der Waals surface area contributed by atoms with Crippen LogP contribution >= 0.6 is 11.3 Å². The third-order valence-corrected chi connectivity index (χ3v) is 9.26. The number of hydrogen-bond acceptors (Lipinski definition) is 3. The summed E-state index contributed by atoms with van der Waals surface area (Å²) in [5.41, 5.74) is 9.49. The van der Waals surface area contributed by atoms with Crippen LogP contribution < -0.4 is 25.9 Å². The minimum absolute atomic E-state index is 0.0896. The van der Waals surface area contributed by atoms with Crippen LogP contribution in [0.25, 0.3) is 31.3 Å². The van der Waals surface area contributed by atoms with Crippen LogP contribution in [0.2, 0.25) is 0 Å². The van der Waals surface area contributed by atoms with Crippen molar-refractivity contribution in [1.82, 2.24) is 0 Å². The lowest BCUT2D eigenvalue weighted by molar-refractivity contribution is 0.461. The van der Waals surface area contributed by atoms with E-state index in [1.807, 2.05) is 11.3 Å². The molecule has 37 heavy (non-hydrogen) atoms. The predicted molar refractivity (Wildman–Crippen MR) is 157 cm³/mol. The average Bonchev–Trinajstić information content (AvgIpc) is 3.30. The van der Waals surface area contributed by atoms with Gasteiger partial charge in [-0.1, -0.05) is 66.7 Å². The zero-order valence-electron chi connectivity index (χ0n) is 20.9. The first-order chi connectivity index (χ1) is 18.1. The molecule has 1 aromatic heterocycles. The molecule has 3 heterocycles. The van der Waals surface area contributed by atoms with Gasteiger partial charge >= 0.3 is 0 Å². The minimum Gasteiger partial charge on any atom is -0.458 e. The molecule has 5 aromatic carbocycles. The second kappa shape index (κ2) is 7.50. The summed E-state index contributed by atoms with van der Waals surface area (Å²) in [7, 11) is 0. The van der Waals surface area contributed by atoms with E-state index in [1.165, 1.54) is 42.2 Å². The Morgan fingerprint density at radius 2 is 1.24 bits per heavy atom. The zero-order valence-corrected chi connectivity index (χ0v) is 21.7. The fourth-order valence-corrected chi connectivity index (χ4v) is 7.42. The van der Waals surface area contributed by atoms with Crippen LogP contribution in [-0.4, -0.2) is 6.71 Å². The maximum Gasteiger partial charge on any atom is 0.260 e. The van der Waals surface area contributed by atoms with Crippen LogP contribution in [0, 0.1) is 20.8 Å². The molecule has 0 saturated heterocycles. The molecule has 0 aliphatic carbocycles. The van der Waals surface area contributed by atoms with Gasteiger partial charge in [-0.05, 0) is 77.7 Å². The smallest absolute Gasteiger partial charge is 0.260 e. The van der Waals surface area contributed by atoms with Gasteiger partial charge in [0, 0.05) is 25.6 Å². The molecule has 176 valence electrons. The van der Waals surface area contributed by atoms with Crippen molar-refractivity contribution in [2.45, 2.75) is 20.8 Å². The molecule has 0 radical (unpaired) electrons. The Labute approximate surface area is 220 Å². The third-order valence-electron chi connectivity index (χ3n) is 7.95. The quantitative estimate of drug-likeness (QED) is 0.222. The van der Waals surface area contributed by atoms with E-state index in [0.717, 1.165) is 45.2 Å². The molecule has 2 aliphatic rings. The Bertz CT molecular complexity index is 1860. The summed E-state index contributed by atoms with van der Waals surface area (Å²) in [6, 6.07) is 30.6. The second-order valence-electron chi connectivity index (χ2n) is 10.2. The summed E-state index contributed by atoms with van der Waals surface area (Å²) in [5, 5.41) is 2.61. The van der Waals surface area contributed by atoms with Gasteiger partial charge in [0.15, 0.2) is 0 Å². The van der Waals surface area contributed by atoms with E-state index < -0.39 is 0 Å². The number of hydrogen-bond donors (Lipinski definition) is 0. The average molecular weight is 494 g/mol. The van der Waals surface area contributed by atoms with E-state index in [2.05, 4.69) is 106 Å². The lowest BCUT2D eigenvalue weighted by Crippen LogP contribution is -2.57. The van der Waals surface area contributed by atoms with Crippen molar-refractivity contribution < 1.29 is 9.47 Å². The highest BCUT2D eigenvalue weighted by Gasteiger charge is 2.41. The number of fused-ring (bicyclic) bond motifs is 7. The lowest BCUT2D eigenvalue weighted by atomic mass is 9.34. The number of para-hydroxylation sites is 2. The van der Waals surface area contributed by atoms with Gasteiger partial charge in [0.2, 0.25) is 0 Å². The highest BCUT2D eigenvalue weighted by Crippen LogP contribution is 2.44. The third kappa shape index (κ3) is 2.88. The van der Waals surface area contributed by atoms with Gasteiger partial charge < -0.3 is 9.47 Å². The molecule has 4 heteroatoms. The van der Waals surface area contributed by atoms with E-state index in [9.17, 15) is 0 Å². The minimum atomic E-state index is 0.0896. The summed E-state index contributed by atoms with van der Waals surface area (Å²) < 4.78 is 16.0. The topological polar surface area (TPSA) is 18.5 Å². The molecule has 2 aliphatic heterocycles. The molecule has 0 saturated carbocycles. The molecule has 0 fully saturated rings. The Morgan fingerprint density at radius 1 is 0.649 bits per heavy atom. The van der Waals surface area contributed by atoms with Gasteiger partial charge in [-0.2, -0.15) is 0 Å². The van der Waals surface area contributed by atoms with Crippen molar-refractivity contribution in [3.05, 3.63) is 102 Å². The van der Waals surface area contributed by atoms with Crippen molar-refractivity contribution in [3.8, 4) is 34.1 Å². The number of aryl methyl sites for hydroxylation is 3. The maximum absolute atomic E-state index is 6.69. The first-order valence-corrected chi connectivity index (χ1v) is 13.5. The molecular weight excluding hydrogens is 471 g/mol. The van der Waals surface area contributed by atoms with E-state index in [-0.39, 0.29) is 6.71 Å². The maximum atomic E-state index is 6.69. The van der Waals surface area contributed by atoms with E-state index in [0.29, 0.717) is 0 Å². The Kier molecular flexibility index (Phi) is 4.28. The Hall–Kier alpha value is -4.02. The van der Waals surface area contributed by atoms with Crippen LogP contribution in [-0.2, 0) is 0 Å². The largest absolute Gasteiger partial charge is 0.458 e. The van der Waals surface area contributed by atoms with Crippen LogP contribution in [0.1, 0.15) is 16.7 Å². The molecule has 0 atom stereocenters. The summed E-state index contributed by atoms with van der Waals surface area (Å²) in [6.45, 7) is 6.55. The van der Waals surface area contributed by atoms with Crippen LogP contribution in [0.5, 0.6) is 23.0 Å². The number of benzene rings is 5. The fourth-order valence-electron chi connectivity index (χ4n) is 6.22. The normalized spacial score (nSPS) is 13.1. The van der Waals surface area contributed by atoms with Gasteiger partial charge in [-0.25, -0.2) is 0 Å². The van der Waals surface area contributed by atoms with E-state index in [1.54, 1.807) is 0 Å². The molecular formula is C33H23BO2S. The monoisotopic (exact) mass is 494 g/mol. The molecule has 0 amide bonds. The van der Waals surface area contributed by atoms with Crippen molar-refractivity contribution in [1.29, 1.82) is 0 Å². The first-order valence-electron chi connectivity index (χ1n) is 12.7. The molecule has 2 nitrogen and oxygen atoms in total. The molecule has 8 rings (SSSR count). The second-order valence-corrected chi connectivity index (χ2v) is 11.3. The SMILES string of the molecule is Cc1cccc2c1Oc1cc(-c3cccc4sc5c(C)cccc5c34)cc3c1B2c1cccc(C)c1O3. The number of rotatable bonds is 1. The summed E-state index contributed by atoms with van der Waals surface area (Å²) in [6.07, 6.45) is 0. The Morgan fingerprint density at radius 3 is 1.92 bits per heavy atom. The van der Waals surface area contributed by atoms with Gasteiger partial charge in [0.05, 0.1) is 0 Å². The standard InChI is InChI=1S/C33H23BO2S/c1-18-8-5-13-24-31(18)35-26-16-21(17-27-30(26)34(24)25-14-6-9-19(2)32(25)36-27)22-11-7-15-28-29(22)23-12-4-10-20(3)33(23)37-28/h4-17H,1-3H3. The van der Waals surface area contributed by atoms with Gasteiger partial charge in [-0.3, -0.25) is 0 Å². The van der Waals surface area contributed by atoms with Crippen LogP contribution in [0.3, 0.4) is 0 Å². The number of ether oxygens (including phenoxy) is 2. The molecule has 0 unspecified atom stereocenters. The number of thiophene rings is 1. The van der Waals surface area contributed by atoms with Gasteiger partial charge in [0.25, 0.3) is 6.71 Å². The van der Waals surface area contributed by atoms with Crippen molar-refractivity contribution in [2.75, 3.05) is 0 Å². The summed E-state index contributed by atoms with van der Waals surface area (Å²) in [4.78, 5) is 0. The predicted octanol–water partition coefficient (Wildman–Crippen LogP) is 7.37. The molecule has 0 bridgehead atoms. The van der Waals surface area contributed by atoms with Gasteiger partial charge in [0.1, 0.15) is 23.0 Å². The van der Waals surface area contributed by atoms with Crippen molar-refractivity contribution in [3.63, 3.8) is 0 Å². The molecule has 6 aromatic rings. The fraction of sp³-hybridized carbons (Fsp3) is 0.0909. The van der Waals surface area contributed by atoms with E-state index in [4.69, 9.17) is 9.47 Å². The summed E-state index contributed by atoms with van der Waals surface area (Å²) in [5.74, 6) is 3.71. The van der Waals surface area contributed by atoms with E-state index >= 15 is 0 Å². The zero-order chi connectivity index (χ0) is 24.8. The highest BCUT2D eigenvalue weighted by molar-refractivity contribution is 7.26. The molecule has 0 N–H and O–H groups in total. The summed E-state index contributed by atoms with van der Waals surface area (Å²) >= 11 is 1.87. The first kappa shape index (κ1) is 21.1. The Balaban J connectivity index is 1.43. The lowest BCUT2D eigenvalue weighted by Gasteiger charge is -2.34. The van der Waals surface area contributed by atoms with Crippen LogP contribution in [0.4, 0.5) is 0 Å². The van der Waals surface area contributed by atoms with Crippen molar-refractivity contribution >= 4 is 54.6 Å². The van der Waals surface area contributed by atoms with Crippen LogP contribution in [0.15, 0.2) is 84.9 Å². The highest BCUT2D eigenvalue weighted by atomic mass is 32.1. The van der Waals surface area contributed by atoms with Crippen molar-refractivity contribution in [2.24, 2.45) is 0 Å².